The average Bonchev–Trinajstić information content (AvgIpc) is 0.787. The highest BCUT2D eigenvalue weighted by molar-refractivity contribution is 5.74. The summed E-state index contributed by atoms with van der Waals surface area (Å²) in [5.74, 6) is -5.81. The second-order valence-electron chi connectivity index (χ2n) is 23.8. The smallest absolute Gasteiger partial charge is 0.332 e. The Labute approximate surface area is 529 Å². The molecule has 0 spiro atoms. The fraction of sp³-hybridized carbons (Fsp3) is 0.925. The van der Waals surface area contributed by atoms with Gasteiger partial charge in [-0.3, -0.25) is 19.2 Å². The first-order valence-corrected chi connectivity index (χ1v) is 29.9. The minimum absolute atomic E-state index is 0.156. The van der Waals surface area contributed by atoms with E-state index in [0.29, 0.717) is 0 Å². The van der Waals surface area contributed by atoms with Crippen molar-refractivity contribution in [3.05, 3.63) is 0 Å². The fourth-order valence-corrected chi connectivity index (χ4v) is 12.1. The first-order chi connectivity index (χ1) is 43.9. The molecule has 22 N–H and O–H groups in total. The zero-order valence-corrected chi connectivity index (χ0v) is 50.8. The van der Waals surface area contributed by atoms with Gasteiger partial charge in [-0.1, -0.05) is 6.92 Å². The van der Waals surface area contributed by atoms with Crippen LogP contribution in [0.15, 0.2) is 0 Å². The molecular formula is C53H89N3O37. The van der Waals surface area contributed by atoms with Crippen LogP contribution in [0.5, 0.6) is 0 Å². The Balaban J connectivity index is 1.06. The lowest BCUT2D eigenvalue weighted by Gasteiger charge is -2.50. The van der Waals surface area contributed by atoms with Crippen molar-refractivity contribution < 1.29 is 183 Å². The summed E-state index contributed by atoms with van der Waals surface area (Å²) in [6.45, 7) is -0.774. The first-order valence-electron chi connectivity index (χ1n) is 29.9. The average molecular weight is 1360 g/mol. The number of carbonyl (C=O) groups excluding carboxylic acids is 4. The van der Waals surface area contributed by atoms with Crippen LogP contribution in [0, 0.1) is 5.92 Å². The monoisotopic (exact) mass is 1360 g/mol. The Hall–Kier alpha value is -3.40. The van der Waals surface area contributed by atoms with Gasteiger partial charge in [0.05, 0.1) is 77.0 Å². The van der Waals surface area contributed by atoms with E-state index in [-0.39, 0.29) is 6.47 Å². The predicted molar refractivity (Wildman–Crippen MR) is 290 cm³/mol. The first kappa shape index (κ1) is 77.0. The number of nitrogens with one attached hydrogen (secondary N) is 3. The summed E-state index contributed by atoms with van der Waals surface area (Å²) in [6, 6.07) is -4.62. The van der Waals surface area contributed by atoms with Crippen LogP contribution in [0.1, 0.15) is 41.0 Å². The lowest BCUT2D eigenvalue weighted by Crippen LogP contribution is -2.70. The van der Waals surface area contributed by atoms with Crippen LogP contribution in [-0.4, -0.2) is 382 Å². The summed E-state index contributed by atoms with van der Waals surface area (Å²) in [4.78, 5) is 49.1. The maximum Gasteiger partial charge on any atom is 0.332 e. The molecule has 7 saturated heterocycles. The zero-order valence-electron chi connectivity index (χ0n) is 50.8. The van der Waals surface area contributed by atoms with E-state index in [1.54, 1.807) is 0 Å². The van der Waals surface area contributed by atoms with E-state index >= 15 is 0 Å². The number of hydrogen-bond donors (Lipinski definition) is 22. The molecule has 13 unspecified atom stereocenters. The molecule has 0 aromatic rings. The number of carbonyl (C=O) groups is 4. The summed E-state index contributed by atoms with van der Waals surface area (Å²) in [5, 5.41) is 215. The van der Waals surface area contributed by atoms with Crippen LogP contribution in [0.4, 0.5) is 0 Å². The molecule has 7 aliphatic heterocycles. The maximum absolute atomic E-state index is 12.8. The number of ether oxygens (including phenoxy) is 14. The van der Waals surface area contributed by atoms with Crippen LogP contribution >= 0.6 is 0 Å². The summed E-state index contributed by atoms with van der Waals surface area (Å²) in [7, 11) is 0. The molecule has 0 bridgehead atoms. The molecule has 0 saturated carbocycles. The lowest BCUT2D eigenvalue weighted by molar-refractivity contribution is -0.424. The van der Waals surface area contributed by atoms with Crippen molar-refractivity contribution in [1.29, 1.82) is 0 Å². The van der Waals surface area contributed by atoms with Gasteiger partial charge in [0.1, 0.15) is 152 Å². The van der Waals surface area contributed by atoms with Crippen molar-refractivity contribution in [2.75, 3.05) is 46.2 Å². The molecule has 93 heavy (non-hydrogen) atoms. The van der Waals surface area contributed by atoms with Gasteiger partial charge in [0.2, 0.25) is 17.7 Å². The zero-order chi connectivity index (χ0) is 68.8. The predicted octanol–water partition coefficient (Wildman–Crippen LogP) is -14.2. The quantitative estimate of drug-likeness (QED) is 0.0282. The summed E-state index contributed by atoms with van der Waals surface area (Å²) in [5.41, 5.74) is 0. The van der Waals surface area contributed by atoms with E-state index in [0.717, 1.165) is 13.8 Å². The molecule has 0 aromatic heterocycles. The van der Waals surface area contributed by atoms with Gasteiger partial charge < -0.3 is 179 Å². The van der Waals surface area contributed by atoms with Crippen LogP contribution in [0.2, 0.25) is 0 Å². The molecule has 7 rings (SSSR count). The number of aliphatic hydroxyl groups is 19. The second kappa shape index (κ2) is 33.4. The van der Waals surface area contributed by atoms with E-state index in [1.165, 1.54) is 20.8 Å². The SMILES string of the molecule is CC(=O)NC1C(O)[C@H](O[C@@H]2OC(CO[C@]3(OC=O)C[C@H](O)[C@@H](C)C([C@H](O)[C@@H](O)CO)O3)[C@H](O)[C@H](O)C2O)[C@@H](CO)O[C@@H]1OC1[C@H](OCC2O[C@@H](O[C@H]3C(CO)O[C@@H](O[C@H]4C(CO)O[C@@H](C)C(NC(C)=O)[C@H]4O)C(NC(C)=O)[C@H]3O)C(O)[C@@H](O)[C@H]2O)OC(CO)[C@H](O)[C@@H]1O. The molecule has 7 heterocycles. The third-order valence-corrected chi connectivity index (χ3v) is 17.2. The second-order valence-corrected chi connectivity index (χ2v) is 23.8. The van der Waals surface area contributed by atoms with Gasteiger partial charge >= 0.3 is 5.97 Å². The minimum atomic E-state index is -2.58. The highest BCUT2D eigenvalue weighted by atomic mass is 16.9. The van der Waals surface area contributed by atoms with Gasteiger partial charge in [0.15, 0.2) is 31.5 Å². The van der Waals surface area contributed by atoms with E-state index in [1.807, 2.05) is 0 Å². The molecule has 36 atom stereocenters. The highest BCUT2D eigenvalue weighted by Crippen LogP contribution is 2.40. The van der Waals surface area contributed by atoms with Gasteiger partial charge in [0.25, 0.3) is 6.47 Å². The largest absolute Gasteiger partial charge is 0.410 e. The normalized spacial score (nSPS) is 47.2. The number of aliphatic hydroxyl groups excluding tert-OH is 19. The molecule has 7 aliphatic rings. The fourth-order valence-electron chi connectivity index (χ4n) is 12.1. The molecule has 7 fully saturated rings. The summed E-state index contributed by atoms with van der Waals surface area (Å²) < 4.78 is 81.3. The van der Waals surface area contributed by atoms with E-state index in [9.17, 15) is 116 Å². The number of amides is 3. The van der Waals surface area contributed by atoms with Gasteiger partial charge in [-0.25, -0.2) is 0 Å². The standard InChI is InChI=1S/C53H89N3O37/c1-15-20(66)6-53(82-14-62,93-43(15)31(68)21(67)7-57)81-13-27-34(71)39(76)42(79)51(88-27)91-46-25(11-61)86-49(30(37(46)74)56-19(5)65)92-47-40(77)32(69)22(8-58)84-52(47)80-12-26-33(70)38(75)41(78)50(87-26)90-45-24(10-60)85-48(29(36(45)73)55-18(4)64)89-44-23(9-59)83-16(2)28(35(44)72)54-17(3)63/h14-16,20-52,57-61,66-79H,6-13H2,1-5H3,(H,54,63)(H,55,64)(H,56,65)/t15-,16+,20+,21+,22?,23?,24?,25-,26?,27?,28?,29?,30?,31-,32+,33+,34+,35-,36-,37?,38+,39+,40+,41?,42?,43?,44+,45+,46-,47?,48+,49-,50+,51+,52-,53+/m1/s1. The lowest BCUT2D eigenvalue weighted by atomic mass is 9.87. The van der Waals surface area contributed by atoms with Crippen molar-refractivity contribution in [3.63, 3.8) is 0 Å². The van der Waals surface area contributed by atoms with E-state index in [2.05, 4.69) is 16.0 Å². The Bertz CT molecular complexity index is 2380. The minimum Gasteiger partial charge on any atom is -0.410 e. The van der Waals surface area contributed by atoms with E-state index in [4.69, 9.17) is 66.3 Å². The van der Waals surface area contributed by atoms with Crippen molar-refractivity contribution in [2.24, 2.45) is 5.92 Å². The Morgan fingerprint density at radius 1 is 0.484 bits per heavy atom. The van der Waals surface area contributed by atoms with Gasteiger partial charge in [-0.15, -0.1) is 0 Å². The number of hydrogen-bond acceptors (Lipinski definition) is 37. The summed E-state index contributed by atoms with van der Waals surface area (Å²) in [6.07, 6.45) is -58.5. The third-order valence-electron chi connectivity index (χ3n) is 17.2. The molecule has 40 nitrogen and oxygen atoms in total. The third kappa shape index (κ3) is 17.4. The molecule has 0 aliphatic carbocycles. The van der Waals surface area contributed by atoms with Crippen molar-refractivity contribution in [2.45, 2.75) is 255 Å². The Morgan fingerprint density at radius 2 is 0.882 bits per heavy atom. The van der Waals surface area contributed by atoms with Crippen LogP contribution < -0.4 is 16.0 Å². The molecule has 538 valence electrons. The van der Waals surface area contributed by atoms with Gasteiger partial charge in [-0.2, -0.15) is 0 Å². The molecule has 40 heteroatoms. The van der Waals surface area contributed by atoms with Crippen molar-refractivity contribution >= 4 is 24.2 Å². The molecule has 0 aromatic carbocycles. The molecule has 0 radical (unpaired) electrons. The molecule has 3 amide bonds. The Kier molecular flexibility index (Phi) is 27.7. The van der Waals surface area contributed by atoms with Crippen LogP contribution in [0.25, 0.3) is 0 Å². The van der Waals surface area contributed by atoms with Gasteiger partial charge in [-0.05, 0) is 6.92 Å². The van der Waals surface area contributed by atoms with Gasteiger partial charge in [0, 0.05) is 26.7 Å². The topological polar surface area (TPSA) is 618 Å². The Morgan fingerprint density at radius 3 is 1.33 bits per heavy atom. The summed E-state index contributed by atoms with van der Waals surface area (Å²) >= 11 is 0. The van der Waals surface area contributed by atoms with Crippen LogP contribution in [0.3, 0.4) is 0 Å². The molecular weight excluding hydrogens is 1270 g/mol. The highest BCUT2D eigenvalue weighted by Gasteiger charge is 2.59. The van der Waals surface area contributed by atoms with E-state index < -0.39 is 291 Å². The maximum atomic E-state index is 12.8. The van der Waals surface area contributed by atoms with Crippen molar-refractivity contribution in [3.8, 4) is 0 Å². The van der Waals surface area contributed by atoms with Crippen molar-refractivity contribution in [1.82, 2.24) is 16.0 Å². The van der Waals surface area contributed by atoms with Crippen LogP contribution in [-0.2, 0) is 85.5 Å². The number of rotatable bonds is 26.